The van der Waals surface area contributed by atoms with Gasteiger partial charge in [0.2, 0.25) is 0 Å². The Morgan fingerprint density at radius 2 is 1.88 bits per heavy atom. The summed E-state index contributed by atoms with van der Waals surface area (Å²) in [4.78, 5) is 19.4. The van der Waals surface area contributed by atoms with Crippen molar-refractivity contribution < 1.29 is 4.79 Å². The molecule has 4 nitrogen and oxygen atoms in total. The van der Waals surface area contributed by atoms with Crippen LogP contribution in [0.3, 0.4) is 0 Å². The van der Waals surface area contributed by atoms with Crippen LogP contribution in [0.2, 0.25) is 5.15 Å². The van der Waals surface area contributed by atoms with Crippen LogP contribution in [0.5, 0.6) is 0 Å². The Bertz CT molecular complexity index is 527. The standard InChI is InChI=1S/C11H7ClIN3O/c12-10-6-14-9(5-15-10)11(17)16-8-3-1-7(13)2-4-8/h1-6H,(H,16,17). The molecule has 1 amide bonds. The first kappa shape index (κ1) is 12.3. The molecule has 0 unspecified atom stereocenters. The zero-order valence-corrected chi connectivity index (χ0v) is 11.4. The molecule has 0 atom stereocenters. The number of amides is 1. The molecule has 0 bridgehead atoms. The van der Waals surface area contributed by atoms with E-state index < -0.39 is 0 Å². The molecule has 0 saturated carbocycles. The lowest BCUT2D eigenvalue weighted by atomic mass is 10.3. The second-order valence-corrected chi connectivity index (χ2v) is 4.82. The lowest BCUT2D eigenvalue weighted by molar-refractivity contribution is 0.102. The Labute approximate surface area is 117 Å². The molecule has 0 fully saturated rings. The van der Waals surface area contributed by atoms with Crippen molar-refractivity contribution in [3.8, 4) is 0 Å². The molecular formula is C11H7ClIN3O. The number of carbonyl (C=O) groups is 1. The second kappa shape index (κ2) is 5.42. The zero-order chi connectivity index (χ0) is 12.3. The average Bonchev–Trinajstić information content (AvgIpc) is 2.33. The van der Waals surface area contributed by atoms with Gasteiger partial charge in [-0.1, -0.05) is 11.6 Å². The molecule has 86 valence electrons. The fraction of sp³-hybridized carbons (Fsp3) is 0. The predicted molar refractivity (Wildman–Crippen MR) is 74.2 cm³/mol. The van der Waals surface area contributed by atoms with Crippen LogP contribution in [0.1, 0.15) is 10.5 Å². The average molecular weight is 360 g/mol. The third-order valence-corrected chi connectivity index (χ3v) is 2.87. The van der Waals surface area contributed by atoms with Crippen molar-refractivity contribution in [2.45, 2.75) is 0 Å². The molecule has 0 aliphatic heterocycles. The first-order valence-corrected chi connectivity index (χ1v) is 6.15. The third-order valence-electron chi connectivity index (χ3n) is 1.96. The number of nitrogens with zero attached hydrogens (tertiary/aromatic N) is 2. The van der Waals surface area contributed by atoms with Crippen LogP contribution in [-0.4, -0.2) is 15.9 Å². The number of benzene rings is 1. The van der Waals surface area contributed by atoms with Crippen molar-refractivity contribution in [2.75, 3.05) is 5.32 Å². The van der Waals surface area contributed by atoms with Crippen LogP contribution in [0.4, 0.5) is 5.69 Å². The van der Waals surface area contributed by atoms with Gasteiger partial charge in [0, 0.05) is 9.26 Å². The fourth-order valence-corrected chi connectivity index (χ4v) is 1.62. The van der Waals surface area contributed by atoms with Crippen LogP contribution in [0.25, 0.3) is 0 Å². The van der Waals surface area contributed by atoms with Gasteiger partial charge in [0.1, 0.15) is 10.8 Å². The maximum Gasteiger partial charge on any atom is 0.275 e. The highest BCUT2D eigenvalue weighted by molar-refractivity contribution is 14.1. The number of carbonyl (C=O) groups excluding carboxylic acids is 1. The Balaban J connectivity index is 2.11. The molecule has 1 heterocycles. The van der Waals surface area contributed by atoms with E-state index in [1.807, 2.05) is 24.3 Å². The minimum atomic E-state index is -0.310. The highest BCUT2D eigenvalue weighted by Gasteiger charge is 2.07. The Kier molecular flexibility index (Phi) is 3.90. The molecular weight excluding hydrogens is 352 g/mol. The molecule has 2 rings (SSSR count). The van der Waals surface area contributed by atoms with E-state index in [-0.39, 0.29) is 16.8 Å². The van der Waals surface area contributed by atoms with Crippen molar-refractivity contribution in [2.24, 2.45) is 0 Å². The van der Waals surface area contributed by atoms with E-state index in [9.17, 15) is 4.79 Å². The summed E-state index contributed by atoms with van der Waals surface area (Å²) in [6, 6.07) is 7.46. The molecule has 0 aliphatic rings. The molecule has 1 aromatic carbocycles. The number of nitrogens with one attached hydrogen (secondary N) is 1. The van der Waals surface area contributed by atoms with Crippen LogP contribution < -0.4 is 5.32 Å². The maximum absolute atomic E-state index is 11.8. The summed E-state index contributed by atoms with van der Waals surface area (Å²) in [5.74, 6) is -0.310. The normalized spacial score (nSPS) is 10.0. The van der Waals surface area contributed by atoms with E-state index in [2.05, 4.69) is 37.9 Å². The van der Waals surface area contributed by atoms with Gasteiger partial charge in [-0.15, -0.1) is 0 Å². The van der Waals surface area contributed by atoms with Gasteiger partial charge in [-0.3, -0.25) is 4.79 Å². The minimum Gasteiger partial charge on any atom is -0.321 e. The van der Waals surface area contributed by atoms with Gasteiger partial charge in [-0.2, -0.15) is 0 Å². The molecule has 0 aliphatic carbocycles. The largest absolute Gasteiger partial charge is 0.321 e. The van der Waals surface area contributed by atoms with Gasteiger partial charge in [0.05, 0.1) is 12.4 Å². The molecule has 0 saturated heterocycles. The van der Waals surface area contributed by atoms with Crippen molar-refractivity contribution in [3.63, 3.8) is 0 Å². The van der Waals surface area contributed by atoms with Gasteiger partial charge in [0.25, 0.3) is 5.91 Å². The van der Waals surface area contributed by atoms with Crippen LogP contribution >= 0.6 is 34.2 Å². The lowest BCUT2D eigenvalue weighted by Gasteiger charge is -2.04. The number of anilines is 1. The smallest absolute Gasteiger partial charge is 0.275 e. The van der Waals surface area contributed by atoms with Gasteiger partial charge < -0.3 is 5.32 Å². The van der Waals surface area contributed by atoms with Crippen molar-refractivity contribution in [1.82, 2.24) is 9.97 Å². The monoisotopic (exact) mass is 359 g/mol. The van der Waals surface area contributed by atoms with Crippen molar-refractivity contribution >= 4 is 45.8 Å². The number of rotatable bonds is 2. The molecule has 0 radical (unpaired) electrons. The maximum atomic E-state index is 11.8. The highest BCUT2D eigenvalue weighted by atomic mass is 127. The van der Waals surface area contributed by atoms with Crippen LogP contribution in [0.15, 0.2) is 36.7 Å². The van der Waals surface area contributed by atoms with E-state index in [1.165, 1.54) is 12.4 Å². The third kappa shape index (κ3) is 3.37. The zero-order valence-electron chi connectivity index (χ0n) is 8.52. The summed E-state index contributed by atoms with van der Waals surface area (Å²) >= 11 is 7.78. The van der Waals surface area contributed by atoms with Crippen LogP contribution in [-0.2, 0) is 0 Å². The Morgan fingerprint density at radius 1 is 1.18 bits per heavy atom. The van der Waals surface area contributed by atoms with E-state index in [4.69, 9.17) is 11.6 Å². The Morgan fingerprint density at radius 3 is 2.47 bits per heavy atom. The topological polar surface area (TPSA) is 54.9 Å². The summed E-state index contributed by atoms with van der Waals surface area (Å²) in [6.45, 7) is 0. The molecule has 17 heavy (non-hydrogen) atoms. The predicted octanol–water partition coefficient (Wildman–Crippen LogP) is 2.99. The van der Waals surface area contributed by atoms with Gasteiger partial charge in [0.15, 0.2) is 0 Å². The molecule has 6 heteroatoms. The highest BCUT2D eigenvalue weighted by Crippen LogP contribution is 2.12. The van der Waals surface area contributed by atoms with Gasteiger partial charge in [-0.05, 0) is 46.9 Å². The SMILES string of the molecule is O=C(Nc1ccc(I)cc1)c1cnc(Cl)cn1. The number of aromatic nitrogens is 2. The summed E-state index contributed by atoms with van der Waals surface area (Å²) in [7, 11) is 0. The van der Waals surface area contributed by atoms with Gasteiger partial charge in [-0.25, -0.2) is 9.97 Å². The number of hydrogen-bond donors (Lipinski definition) is 1. The van der Waals surface area contributed by atoms with E-state index in [1.54, 1.807) is 0 Å². The molecule has 2 aromatic rings. The van der Waals surface area contributed by atoms with Gasteiger partial charge >= 0.3 is 0 Å². The number of halogens is 2. The molecule has 1 N–H and O–H groups in total. The minimum absolute atomic E-state index is 0.230. The first-order chi connectivity index (χ1) is 8.15. The molecule has 1 aromatic heterocycles. The summed E-state index contributed by atoms with van der Waals surface area (Å²) in [6.07, 6.45) is 2.68. The summed E-state index contributed by atoms with van der Waals surface area (Å²) in [5.41, 5.74) is 0.945. The Hall–Kier alpha value is -1.21. The fourth-order valence-electron chi connectivity index (χ4n) is 1.16. The quantitative estimate of drug-likeness (QED) is 0.839. The second-order valence-electron chi connectivity index (χ2n) is 3.19. The van der Waals surface area contributed by atoms with E-state index >= 15 is 0 Å². The number of hydrogen-bond acceptors (Lipinski definition) is 3. The lowest BCUT2D eigenvalue weighted by Crippen LogP contribution is -2.13. The van der Waals surface area contributed by atoms with Crippen molar-refractivity contribution in [1.29, 1.82) is 0 Å². The van der Waals surface area contributed by atoms with Crippen molar-refractivity contribution in [3.05, 3.63) is 51.1 Å². The first-order valence-electron chi connectivity index (χ1n) is 4.69. The summed E-state index contributed by atoms with van der Waals surface area (Å²) in [5, 5.41) is 2.98. The van der Waals surface area contributed by atoms with Crippen LogP contribution in [0, 0.1) is 3.57 Å². The van der Waals surface area contributed by atoms with E-state index in [0.717, 1.165) is 3.57 Å². The molecule has 0 spiro atoms. The van der Waals surface area contributed by atoms with E-state index in [0.29, 0.717) is 5.69 Å². The summed E-state index contributed by atoms with van der Waals surface area (Å²) < 4.78 is 1.10.